The third-order valence-corrected chi connectivity index (χ3v) is 5.39. The molecule has 0 fully saturated rings. The summed E-state index contributed by atoms with van der Waals surface area (Å²) >= 11 is 2.70. The highest BCUT2D eigenvalue weighted by molar-refractivity contribution is 8.01. The summed E-state index contributed by atoms with van der Waals surface area (Å²) in [6.07, 6.45) is 1.90. The zero-order chi connectivity index (χ0) is 18.4. The molecule has 134 valence electrons. The standard InChI is InChI=1S/C17H20N2O4S2/c1-5-22-14(20)8-13-11(4)19-17(24-13)25-15-12(16(21)23-6-2)7-10(3)9-18-15/h7,9H,5-6,8H2,1-4H3. The minimum atomic E-state index is -0.402. The summed E-state index contributed by atoms with van der Waals surface area (Å²) in [4.78, 5) is 33.5. The maximum Gasteiger partial charge on any atom is 0.340 e. The molecule has 0 amide bonds. The van der Waals surface area contributed by atoms with Gasteiger partial charge in [0.1, 0.15) is 5.03 Å². The van der Waals surface area contributed by atoms with Crippen LogP contribution >= 0.6 is 23.1 Å². The van der Waals surface area contributed by atoms with E-state index in [1.807, 2.05) is 13.8 Å². The Kier molecular flexibility index (Phi) is 6.95. The minimum Gasteiger partial charge on any atom is -0.466 e. The zero-order valence-corrected chi connectivity index (χ0v) is 16.3. The van der Waals surface area contributed by atoms with Crippen LogP contribution in [-0.2, 0) is 20.7 Å². The summed E-state index contributed by atoms with van der Waals surface area (Å²) in [6, 6.07) is 1.76. The van der Waals surface area contributed by atoms with E-state index in [0.717, 1.165) is 20.5 Å². The fourth-order valence-electron chi connectivity index (χ4n) is 2.03. The molecule has 0 aliphatic carbocycles. The fraction of sp³-hybridized carbons (Fsp3) is 0.412. The Morgan fingerprint density at radius 2 is 1.92 bits per heavy atom. The van der Waals surface area contributed by atoms with Gasteiger partial charge in [-0.25, -0.2) is 14.8 Å². The van der Waals surface area contributed by atoms with Crippen LogP contribution in [0.2, 0.25) is 0 Å². The topological polar surface area (TPSA) is 78.4 Å². The van der Waals surface area contributed by atoms with Crippen LogP contribution < -0.4 is 0 Å². The van der Waals surface area contributed by atoms with Crippen LogP contribution in [0.1, 0.15) is 40.3 Å². The molecule has 25 heavy (non-hydrogen) atoms. The van der Waals surface area contributed by atoms with Gasteiger partial charge in [-0.05, 0) is 51.1 Å². The normalized spacial score (nSPS) is 10.6. The highest BCUT2D eigenvalue weighted by atomic mass is 32.2. The predicted molar refractivity (Wildman–Crippen MR) is 96.2 cm³/mol. The zero-order valence-electron chi connectivity index (χ0n) is 14.6. The Bertz CT molecular complexity index is 774. The van der Waals surface area contributed by atoms with Gasteiger partial charge in [-0.2, -0.15) is 0 Å². The first-order chi connectivity index (χ1) is 11.9. The second kappa shape index (κ2) is 8.96. The number of thiazole rings is 1. The molecule has 0 aliphatic heterocycles. The van der Waals surface area contributed by atoms with Crippen molar-refractivity contribution in [1.82, 2.24) is 9.97 Å². The number of carbonyl (C=O) groups excluding carboxylic acids is 2. The molecule has 0 saturated heterocycles. The second-order valence-corrected chi connectivity index (χ2v) is 7.48. The summed E-state index contributed by atoms with van der Waals surface area (Å²) in [6.45, 7) is 7.92. The van der Waals surface area contributed by atoms with Crippen LogP contribution in [0.4, 0.5) is 0 Å². The van der Waals surface area contributed by atoms with Crippen molar-refractivity contribution in [2.75, 3.05) is 13.2 Å². The number of aryl methyl sites for hydroxylation is 2. The number of ether oxygens (including phenoxy) is 2. The number of pyridine rings is 1. The van der Waals surface area contributed by atoms with E-state index in [-0.39, 0.29) is 12.4 Å². The first-order valence-corrected chi connectivity index (χ1v) is 9.51. The fourth-order valence-corrected chi connectivity index (χ4v) is 4.22. The lowest BCUT2D eigenvalue weighted by Gasteiger charge is -2.07. The first kappa shape index (κ1) is 19.4. The van der Waals surface area contributed by atoms with Gasteiger partial charge in [0.25, 0.3) is 0 Å². The van der Waals surface area contributed by atoms with Crippen molar-refractivity contribution >= 4 is 35.0 Å². The molecular formula is C17H20N2O4S2. The van der Waals surface area contributed by atoms with Crippen LogP contribution in [0, 0.1) is 13.8 Å². The number of esters is 2. The van der Waals surface area contributed by atoms with Gasteiger partial charge < -0.3 is 9.47 Å². The minimum absolute atomic E-state index is 0.198. The van der Waals surface area contributed by atoms with E-state index >= 15 is 0 Å². The van der Waals surface area contributed by atoms with Gasteiger partial charge >= 0.3 is 11.9 Å². The molecule has 2 rings (SSSR count). The molecule has 0 aromatic carbocycles. The molecule has 8 heteroatoms. The summed E-state index contributed by atoms with van der Waals surface area (Å²) < 4.78 is 10.8. The van der Waals surface area contributed by atoms with Crippen molar-refractivity contribution in [3.63, 3.8) is 0 Å². The highest BCUT2D eigenvalue weighted by Crippen LogP contribution is 2.34. The molecule has 0 spiro atoms. The van der Waals surface area contributed by atoms with E-state index in [9.17, 15) is 9.59 Å². The van der Waals surface area contributed by atoms with E-state index in [1.54, 1.807) is 26.1 Å². The van der Waals surface area contributed by atoms with Gasteiger partial charge in [-0.3, -0.25) is 4.79 Å². The highest BCUT2D eigenvalue weighted by Gasteiger charge is 2.19. The van der Waals surface area contributed by atoms with E-state index in [0.29, 0.717) is 23.8 Å². The number of carbonyl (C=O) groups is 2. The predicted octanol–water partition coefficient (Wildman–Crippen LogP) is 3.59. The van der Waals surface area contributed by atoms with E-state index < -0.39 is 5.97 Å². The molecule has 0 unspecified atom stereocenters. The third kappa shape index (κ3) is 5.27. The Hall–Kier alpha value is -1.93. The molecule has 2 aromatic heterocycles. The van der Waals surface area contributed by atoms with Crippen molar-refractivity contribution in [1.29, 1.82) is 0 Å². The molecule has 0 bridgehead atoms. The van der Waals surface area contributed by atoms with Crippen LogP contribution in [0.15, 0.2) is 21.6 Å². The first-order valence-electron chi connectivity index (χ1n) is 7.88. The summed E-state index contributed by atoms with van der Waals surface area (Å²) in [5, 5.41) is 0.542. The number of hydrogen-bond acceptors (Lipinski definition) is 8. The Balaban J connectivity index is 2.22. The van der Waals surface area contributed by atoms with E-state index in [1.165, 1.54) is 23.1 Å². The molecule has 0 aliphatic rings. The monoisotopic (exact) mass is 380 g/mol. The molecule has 0 saturated carbocycles. The van der Waals surface area contributed by atoms with Gasteiger partial charge in [-0.15, -0.1) is 11.3 Å². The SMILES string of the molecule is CCOC(=O)Cc1sc(Sc2ncc(C)cc2C(=O)OCC)nc1C. The Labute approximate surface area is 155 Å². The average molecular weight is 380 g/mol. The lowest BCUT2D eigenvalue weighted by atomic mass is 10.2. The number of hydrogen-bond donors (Lipinski definition) is 0. The quantitative estimate of drug-likeness (QED) is 0.679. The van der Waals surface area contributed by atoms with Gasteiger partial charge in [0.2, 0.25) is 0 Å². The van der Waals surface area contributed by atoms with Gasteiger partial charge in [0.15, 0.2) is 4.34 Å². The van der Waals surface area contributed by atoms with Gasteiger partial charge in [0, 0.05) is 11.1 Å². The molecule has 2 heterocycles. The second-order valence-electron chi connectivity index (χ2n) is 5.16. The lowest BCUT2D eigenvalue weighted by molar-refractivity contribution is -0.142. The van der Waals surface area contributed by atoms with E-state index in [2.05, 4.69) is 9.97 Å². The van der Waals surface area contributed by atoms with Crippen LogP contribution in [0.5, 0.6) is 0 Å². The van der Waals surface area contributed by atoms with Crippen molar-refractivity contribution in [3.05, 3.63) is 34.0 Å². The largest absolute Gasteiger partial charge is 0.466 e. The number of rotatable bonds is 7. The van der Waals surface area contributed by atoms with Gasteiger partial charge in [-0.1, -0.05) is 0 Å². The molecular weight excluding hydrogens is 360 g/mol. The van der Waals surface area contributed by atoms with Crippen LogP contribution in [-0.4, -0.2) is 35.1 Å². The van der Waals surface area contributed by atoms with Crippen LogP contribution in [0.25, 0.3) is 0 Å². The molecule has 2 aromatic rings. The summed E-state index contributed by atoms with van der Waals surface area (Å²) in [5.41, 5.74) is 2.09. The Morgan fingerprint density at radius 1 is 1.20 bits per heavy atom. The summed E-state index contributed by atoms with van der Waals surface area (Å²) in [5.74, 6) is -0.673. The average Bonchev–Trinajstić information content (AvgIpc) is 2.89. The molecule has 6 nitrogen and oxygen atoms in total. The van der Waals surface area contributed by atoms with Crippen LogP contribution in [0.3, 0.4) is 0 Å². The maximum absolute atomic E-state index is 12.1. The van der Waals surface area contributed by atoms with Crippen molar-refractivity contribution in [2.45, 2.75) is 43.5 Å². The third-order valence-electron chi connectivity index (χ3n) is 3.15. The van der Waals surface area contributed by atoms with E-state index in [4.69, 9.17) is 9.47 Å². The van der Waals surface area contributed by atoms with Crippen molar-refractivity contribution in [3.8, 4) is 0 Å². The van der Waals surface area contributed by atoms with Crippen molar-refractivity contribution < 1.29 is 19.1 Å². The Morgan fingerprint density at radius 3 is 2.60 bits per heavy atom. The number of nitrogens with zero attached hydrogens (tertiary/aromatic N) is 2. The molecule has 0 N–H and O–H groups in total. The lowest BCUT2D eigenvalue weighted by Crippen LogP contribution is -2.07. The molecule has 0 radical (unpaired) electrons. The smallest absolute Gasteiger partial charge is 0.340 e. The number of aromatic nitrogens is 2. The van der Waals surface area contributed by atoms with Crippen molar-refractivity contribution in [2.24, 2.45) is 0 Å². The summed E-state index contributed by atoms with van der Waals surface area (Å²) in [7, 11) is 0. The maximum atomic E-state index is 12.1. The molecule has 0 atom stereocenters. The van der Waals surface area contributed by atoms with Gasteiger partial charge in [0.05, 0.1) is 30.9 Å².